The second kappa shape index (κ2) is 9.58. The molecule has 2 aromatic rings. The Balaban J connectivity index is 1.60. The number of anilines is 1. The van der Waals surface area contributed by atoms with Gasteiger partial charge in [0, 0.05) is 37.6 Å². The quantitative estimate of drug-likeness (QED) is 0.778. The summed E-state index contributed by atoms with van der Waals surface area (Å²) in [5.41, 5.74) is 3.15. The zero-order valence-electron chi connectivity index (χ0n) is 16.4. The van der Waals surface area contributed by atoms with Crippen LogP contribution in [0.1, 0.15) is 17.7 Å². The predicted octanol–water partition coefficient (Wildman–Crippen LogP) is 1.67. The van der Waals surface area contributed by atoms with E-state index in [0.29, 0.717) is 6.54 Å². The minimum absolute atomic E-state index is 0.0444. The first-order valence-electron chi connectivity index (χ1n) is 9.76. The SMILES string of the molecule is Cc1ccc(NC(=O)N(CCC[NH+]2CCOCC2)Cc2cccn2C)cc1. The van der Waals surface area contributed by atoms with Gasteiger partial charge in [-0.2, -0.15) is 0 Å². The van der Waals surface area contributed by atoms with Crippen molar-refractivity contribution in [2.24, 2.45) is 7.05 Å². The molecule has 1 aromatic heterocycles. The number of urea groups is 1. The van der Waals surface area contributed by atoms with Crippen molar-refractivity contribution in [3.05, 3.63) is 53.9 Å². The Morgan fingerprint density at radius 1 is 1.22 bits per heavy atom. The van der Waals surface area contributed by atoms with Gasteiger partial charge in [0.25, 0.3) is 0 Å². The first-order chi connectivity index (χ1) is 13.1. The van der Waals surface area contributed by atoms with E-state index in [0.717, 1.165) is 57.2 Å². The predicted molar refractivity (Wildman–Crippen MR) is 107 cm³/mol. The lowest BCUT2D eigenvalue weighted by Gasteiger charge is -2.26. The molecule has 1 saturated heterocycles. The molecule has 0 radical (unpaired) electrons. The first-order valence-corrected chi connectivity index (χ1v) is 9.76. The molecule has 3 rings (SSSR count). The van der Waals surface area contributed by atoms with Gasteiger partial charge in [0.05, 0.1) is 26.3 Å². The van der Waals surface area contributed by atoms with Gasteiger partial charge in [0.15, 0.2) is 0 Å². The zero-order valence-corrected chi connectivity index (χ0v) is 16.4. The van der Waals surface area contributed by atoms with Gasteiger partial charge in [-0.1, -0.05) is 17.7 Å². The van der Waals surface area contributed by atoms with Crippen LogP contribution in [0.2, 0.25) is 0 Å². The maximum Gasteiger partial charge on any atom is 0.322 e. The molecule has 0 spiro atoms. The normalized spacial score (nSPS) is 14.9. The third kappa shape index (κ3) is 5.84. The summed E-state index contributed by atoms with van der Waals surface area (Å²) < 4.78 is 7.49. The minimum Gasteiger partial charge on any atom is -0.370 e. The Kier molecular flexibility index (Phi) is 6.90. The number of carbonyl (C=O) groups excluding carboxylic acids is 1. The topological polar surface area (TPSA) is 50.9 Å². The molecule has 1 aliphatic heterocycles. The van der Waals surface area contributed by atoms with Crippen molar-refractivity contribution >= 4 is 11.7 Å². The summed E-state index contributed by atoms with van der Waals surface area (Å²) in [4.78, 5) is 16.4. The molecule has 27 heavy (non-hydrogen) atoms. The number of morpholine rings is 1. The van der Waals surface area contributed by atoms with E-state index in [1.54, 1.807) is 4.90 Å². The Morgan fingerprint density at radius 2 is 1.96 bits per heavy atom. The van der Waals surface area contributed by atoms with E-state index in [1.807, 2.05) is 55.4 Å². The number of nitrogens with one attached hydrogen (secondary N) is 2. The van der Waals surface area contributed by atoms with Crippen molar-refractivity contribution in [2.45, 2.75) is 19.9 Å². The molecule has 2 heterocycles. The van der Waals surface area contributed by atoms with Crippen molar-refractivity contribution in [1.82, 2.24) is 9.47 Å². The van der Waals surface area contributed by atoms with Gasteiger partial charge in [0.1, 0.15) is 13.1 Å². The summed E-state index contributed by atoms with van der Waals surface area (Å²) in [6.07, 6.45) is 3.00. The second-order valence-electron chi connectivity index (χ2n) is 7.29. The highest BCUT2D eigenvalue weighted by Gasteiger charge is 2.18. The van der Waals surface area contributed by atoms with Crippen LogP contribution in [-0.2, 0) is 18.3 Å². The van der Waals surface area contributed by atoms with Crippen molar-refractivity contribution in [3.8, 4) is 0 Å². The van der Waals surface area contributed by atoms with Crippen molar-refractivity contribution < 1.29 is 14.4 Å². The summed E-state index contributed by atoms with van der Waals surface area (Å²) >= 11 is 0. The first kappa shape index (κ1) is 19.5. The number of carbonyl (C=O) groups is 1. The van der Waals surface area contributed by atoms with E-state index in [-0.39, 0.29) is 6.03 Å². The Bertz CT molecular complexity index is 720. The fraction of sp³-hybridized carbons (Fsp3) is 0.476. The van der Waals surface area contributed by atoms with Crippen LogP contribution in [0, 0.1) is 6.92 Å². The van der Waals surface area contributed by atoms with E-state index in [2.05, 4.69) is 16.0 Å². The van der Waals surface area contributed by atoms with E-state index in [9.17, 15) is 4.79 Å². The van der Waals surface area contributed by atoms with E-state index in [1.165, 1.54) is 5.56 Å². The van der Waals surface area contributed by atoms with E-state index >= 15 is 0 Å². The highest BCUT2D eigenvalue weighted by atomic mass is 16.5. The van der Waals surface area contributed by atoms with Crippen LogP contribution in [0.3, 0.4) is 0 Å². The lowest BCUT2D eigenvalue weighted by molar-refractivity contribution is -0.908. The molecule has 6 heteroatoms. The van der Waals surface area contributed by atoms with Gasteiger partial charge in [0.2, 0.25) is 0 Å². The maximum absolute atomic E-state index is 12.9. The molecule has 0 saturated carbocycles. The molecule has 1 aliphatic rings. The van der Waals surface area contributed by atoms with Gasteiger partial charge in [-0.3, -0.25) is 0 Å². The Hall–Kier alpha value is -2.31. The highest BCUT2D eigenvalue weighted by molar-refractivity contribution is 5.89. The molecule has 146 valence electrons. The molecule has 0 atom stereocenters. The molecule has 0 unspecified atom stereocenters. The summed E-state index contributed by atoms with van der Waals surface area (Å²) in [6, 6.07) is 12.0. The molecule has 2 N–H and O–H groups in total. The molecule has 2 amide bonds. The standard InChI is InChI=1S/C21H30N4O2/c1-18-6-8-19(9-7-18)22-21(26)25(17-20-5-3-10-23(20)2)12-4-11-24-13-15-27-16-14-24/h3,5-10H,4,11-17H2,1-2H3,(H,22,26)/p+1. The largest absolute Gasteiger partial charge is 0.370 e. The van der Waals surface area contributed by atoms with Crippen LogP contribution in [0.25, 0.3) is 0 Å². The number of aryl methyl sites for hydroxylation is 2. The fourth-order valence-electron chi connectivity index (χ4n) is 3.38. The van der Waals surface area contributed by atoms with Crippen LogP contribution < -0.4 is 10.2 Å². The van der Waals surface area contributed by atoms with Crippen molar-refractivity contribution in [1.29, 1.82) is 0 Å². The van der Waals surface area contributed by atoms with Crippen LogP contribution in [0.5, 0.6) is 0 Å². The number of rotatable bonds is 7. The lowest BCUT2D eigenvalue weighted by atomic mass is 10.2. The summed E-state index contributed by atoms with van der Waals surface area (Å²) in [6.45, 7) is 8.28. The summed E-state index contributed by atoms with van der Waals surface area (Å²) in [5, 5.41) is 3.04. The number of hydrogen-bond donors (Lipinski definition) is 2. The van der Waals surface area contributed by atoms with Gasteiger partial charge < -0.3 is 24.4 Å². The monoisotopic (exact) mass is 371 g/mol. The number of nitrogens with zero attached hydrogens (tertiary/aromatic N) is 2. The maximum atomic E-state index is 12.9. The van der Waals surface area contributed by atoms with E-state index in [4.69, 9.17) is 4.74 Å². The molecule has 1 fully saturated rings. The number of benzene rings is 1. The average molecular weight is 372 g/mol. The number of hydrogen-bond acceptors (Lipinski definition) is 2. The fourth-order valence-corrected chi connectivity index (χ4v) is 3.38. The number of ether oxygens (including phenoxy) is 1. The van der Waals surface area contributed by atoms with Gasteiger partial charge in [-0.05, 0) is 31.2 Å². The van der Waals surface area contributed by atoms with Crippen LogP contribution in [0.4, 0.5) is 10.5 Å². The number of quaternary nitrogens is 1. The zero-order chi connectivity index (χ0) is 19.1. The summed E-state index contributed by atoms with van der Waals surface area (Å²) in [5.74, 6) is 0. The second-order valence-corrected chi connectivity index (χ2v) is 7.29. The highest BCUT2D eigenvalue weighted by Crippen LogP contribution is 2.12. The number of aromatic nitrogens is 1. The third-order valence-electron chi connectivity index (χ3n) is 5.15. The van der Waals surface area contributed by atoms with Gasteiger partial charge in [-0.15, -0.1) is 0 Å². The van der Waals surface area contributed by atoms with Crippen LogP contribution in [-0.4, -0.2) is 54.9 Å². The van der Waals surface area contributed by atoms with E-state index < -0.39 is 0 Å². The van der Waals surface area contributed by atoms with Crippen LogP contribution >= 0.6 is 0 Å². The smallest absolute Gasteiger partial charge is 0.322 e. The summed E-state index contributed by atoms with van der Waals surface area (Å²) in [7, 11) is 2.02. The third-order valence-corrected chi connectivity index (χ3v) is 5.15. The minimum atomic E-state index is -0.0444. The van der Waals surface area contributed by atoms with Crippen LogP contribution in [0.15, 0.2) is 42.6 Å². The molecule has 0 bridgehead atoms. The van der Waals surface area contributed by atoms with Crippen molar-refractivity contribution in [3.63, 3.8) is 0 Å². The average Bonchev–Trinajstić information content (AvgIpc) is 3.08. The molecule has 0 aliphatic carbocycles. The van der Waals surface area contributed by atoms with Crippen molar-refractivity contribution in [2.75, 3.05) is 44.7 Å². The number of amides is 2. The molecular formula is C21H31N4O2+. The molecule has 1 aromatic carbocycles. The Morgan fingerprint density at radius 3 is 2.63 bits per heavy atom. The lowest BCUT2D eigenvalue weighted by Crippen LogP contribution is -3.14. The molecular weight excluding hydrogens is 340 g/mol. The van der Waals surface area contributed by atoms with Gasteiger partial charge >= 0.3 is 6.03 Å². The Labute approximate surface area is 161 Å². The van der Waals surface area contributed by atoms with Gasteiger partial charge in [-0.25, -0.2) is 4.79 Å². The molecule has 6 nitrogen and oxygen atoms in total.